The highest BCUT2D eigenvalue weighted by Crippen LogP contribution is 2.09. The average molecular weight is 362 g/mol. The lowest BCUT2D eigenvalue weighted by Gasteiger charge is -2.16. The third-order valence-electron chi connectivity index (χ3n) is 4.13. The zero-order valence-corrected chi connectivity index (χ0v) is 15.4. The Bertz CT molecular complexity index is 917. The molecular weight excluding hydrogens is 340 g/mol. The Morgan fingerprint density at radius 2 is 1.78 bits per heavy atom. The minimum atomic E-state index is -0.244. The fourth-order valence-electron chi connectivity index (χ4n) is 2.68. The number of carbonyl (C=O) groups excluding carboxylic acids is 2. The van der Waals surface area contributed by atoms with E-state index in [1.54, 1.807) is 17.9 Å². The van der Waals surface area contributed by atoms with Gasteiger partial charge in [-0.1, -0.05) is 48.0 Å². The van der Waals surface area contributed by atoms with Gasteiger partial charge < -0.3 is 10.2 Å². The van der Waals surface area contributed by atoms with Crippen molar-refractivity contribution >= 4 is 17.5 Å². The molecule has 27 heavy (non-hydrogen) atoms. The highest BCUT2D eigenvalue weighted by atomic mass is 16.2. The van der Waals surface area contributed by atoms with Gasteiger partial charge in [-0.3, -0.25) is 14.3 Å². The highest BCUT2D eigenvalue weighted by Gasteiger charge is 2.17. The smallest absolute Gasteiger partial charge is 0.257 e. The van der Waals surface area contributed by atoms with Crippen molar-refractivity contribution in [2.75, 3.05) is 18.9 Å². The maximum Gasteiger partial charge on any atom is 0.257 e. The van der Waals surface area contributed by atoms with Crippen LogP contribution in [0.15, 0.2) is 67.0 Å². The third-order valence-corrected chi connectivity index (χ3v) is 4.13. The summed E-state index contributed by atoms with van der Waals surface area (Å²) in [6, 6.07) is 17.4. The molecule has 0 aliphatic heterocycles. The van der Waals surface area contributed by atoms with Crippen molar-refractivity contribution in [1.29, 1.82) is 0 Å². The fourth-order valence-corrected chi connectivity index (χ4v) is 2.68. The van der Waals surface area contributed by atoms with E-state index >= 15 is 0 Å². The average Bonchev–Trinajstić information content (AvgIpc) is 3.12. The van der Waals surface area contributed by atoms with E-state index in [1.807, 2.05) is 61.5 Å². The lowest BCUT2D eigenvalue weighted by molar-refractivity contribution is -0.116. The second-order valence-electron chi connectivity index (χ2n) is 6.49. The molecule has 0 bridgehead atoms. The summed E-state index contributed by atoms with van der Waals surface area (Å²) in [6.45, 7) is 2.54. The SMILES string of the molecule is Cc1ccc(NC(=O)CN(C)C(=O)c2cnn(Cc3ccccc3)c2)cc1. The van der Waals surface area contributed by atoms with Crippen molar-refractivity contribution in [2.45, 2.75) is 13.5 Å². The molecule has 1 N–H and O–H groups in total. The molecule has 0 aliphatic rings. The standard InChI is InChI=1S/C21H22N4O2/c1-16-8-10-19(11-9-16)23-20(26)15-24(2)21(27)18-12-22-25(14-18)13-17-6-4-3-5-7-17/h3-12,14H,13,15H2,1-2H3,(H,23,26). The number of carbonyl (C=O) groups is 2. The Balaban J connectivity index is 1.57. The Kier molecular flexibility index (Phi) is 5.66. The van der Waals surface area contributed by atoms with Crippen LogP contribution in [0, 0.1) is 6.92 Å². The molecule has 0 atom stereocenters. The molecule has 2 aromatic carbocycles. The van der Waals surface area contributed by atoms with Gasteiger partial charge in [-0.05, 0) is 24.6 Å². The predicted octanol–water partition coefficient (Wildman–Crippen LogP) is 2.95. The molecule has 0 unspecified atom stereocenters. The molecule has 3 rings (SSSR count). The van der Waals surface area contributed by atoms with Crippen molar-refractivity contribution in [3.8, 4) is 0 Å². The second-order valence-corrected chi connectivity index (χ2v) is 6.49. The summed E-state index contributed by atoms with van der Waals surface area (Å²) in [5.74, 6) is -0.486. The van der Waals surface area contributed by atoms with Gasteiger partial charge in [-0.15, -0.1) is 0 Å². The molecule has 0 saturated heterocycles. The molecule has 0 fully saturated rings. The van der Waals surface area contributed by atoms with E-state index in [4.69, 9.17) is 0 Å². The van der Waals surface area contributed by atoms with Crippen LogP contribution >= 0.6 is 0 Å². The number of nitrogens with zero attached hydrogens (tertiary/aromatic N) is 3. The van der Waals surface area contributed by atoms with Crippen LogP contribution in [-0.2, 0) is 11.3 Å². The molecular formula is C21H22N4O2. The molecule has 3 aromatic rings. The first-order valence-electron chi connectivity index (χ1n) is 8.69. The first kappa shape index (κ1) is 18.4. The predicted molar refractivity (Wildman–Crippen MR) is 105 cm³/mol. The molecule has 0 aliphatic carbocycles. The lowest BCUT2D eigenvalue weighted by atomic mass is 10.2. The van der Waals surface area contributed by atoms with Crippen LogP contribution in [-0.4, -0.2) is 40.1 Å². The summed E-state index contributed by atoms with van der Waals surface area (Å²) in [5.41, 5.74) is 3.39. The van der Waals surface area contributed by atoms with Crippen LogP contribution in [0.3, 0.4) is 0 Å². The Hall–Kier alpha value is -3.41. The van der Waals surface area contributed by atoms with E-state index in [1.165, 1.54) is 11.1 Å². The summed E-state index contributed by atoms with van der Waals surface area (Å²) in [7, 11) is 1.60. The fraction of sp³-hybridized carbons (Fsp3) is 0.190. The molecule has 0 spiro atoms. The van der Waals surface area contributed by atoms with E-state index in [2.05, 4.69) is 10.4 Å². The maximum absolute atomic E-state index is 12.5. The summed E-state index contributed by atoms with van der Waals surface area (Å²) < 4.78 is 1.71. The number of likely N-dealkylation sites (N-methyl/N-ethyl adjacent to an activating group) is 1. The van der Waals surface area contributed by atoms with Crippen LogP contribution in [0.5, 0.6) is 0 Å². The van der Waals surface area contributed by atoms with E-state index < -0.39 is 0 Å². The second kappa shape index (κ2) is 8.31. The number of aryl methyl sites for hydroxylation is 1. The minimum Gasteiger partial charge on any atom is -0.332 e. The van der Waals surface area contributed by atoms with Crippen LogP contribution in [0.2, 0.25) is 0 Å². The topological polar surface area (TPSA) is 67.2 Å². The molecule has 138 valence electrons. The highest BCUT2D eigenvalue weighted by molar-refractivity contribution is 5.98. The van der Waals surface area contributed by atoms with Crippen LogP contribution in [0.25, 0.3) is 0 Å². The molecule has 2 amide bonds. The van der Waals surface area contributed by atoms with Crippen molar-refractivity contribution < 1.29 is 9.59 Å². The lowest BCUT2D eigenvalue weighted by Crippen LogP contribution is -2.34. The van der Waals surface area contributed by atoms with Crippen molar-refractivity contribution in [1.82, 2.24) is 14.7 Å². The van der Waals surface area contributed by atoms with Gasteiger partial charge in [0.1, 0.15) is 0 Å². The van der Waals surface area contributed by atoms with Gasteiger partial charge >= 0.3 is 0 Å². The van der Waals surface area contributed by atoms with Gasteiger partial charge in [0.05, 0.1) is 24.8 Å². The first-order chi connectivity index (χ1) is 13.0. The van der Waals surface area contributed by atoms with Crippen molar-refractivity contribution in [3.05, 3.63) is 83.7 Å². The number of amides is 2. The van der Waals surface area contributed by atoms with Crippen LogP contribution in [0.1, 0.15) is 21.5 Å². The van der Waals surface area contributed by atoms with Gasteiger partial charge in [-0.25, -0.2) is 0 Å². The first-order valence-corrected chi connectivity index (χ1v) is 8.69. The van der Waals surface area contributed by atoms with Crippen molar-refractivity contribution in [2.24, 2.45) is 0 Å². The van der Waals surface area contributed by atoms with E-state index in [0.29, 0.717) is 17.8 Å². The van der Waals surface area contributed by atoms with E-state index in [9.17, 15) is 9.59 Å². The zero-order valence-electron chi connectivity index (χ0n) is 15.4. The number of hydrogen-bond donors (Lipinski definition) is 1. The number of nitrogens with one attached hydrogen (secondary N) is 1. The number of rotatable bonds is 6. The summed E-state index contributed by atoms with van der Waals surface area (Å²) in [5, 5.41) is 7.03. The molecule has 6 nitrogen and oxygen atoms in total. The minimum absolute atomic E-state index is 0.0312. The number of benzene rings is 2. The molecule has 6 heteroatoms. The van der Waals surface area contributed by atoms with Gasteiger partial charge in [-0.2, -0.15) is 5.10 Å². The quantitative estimate of drug-likeness (QED) is 0.733. The van der Waals surface area contributed by atoms with E-state index in [0.717, 1.165) is 11.1 Å². The maximum atomic E-state index is 12.5. The van der Waals surface area contributed by atoms with E-state index in [-0.39, 0.29) is 18.4 Å². The third kappa shape index (κ3) is 5.04. The summed E-state index contributed by atoms with van der Waals surface area (Å²) in [6.07, 6.45) is 3.23. The summed E-state index contributed by atoms with van der Waals surface area (Å²) >= 11 is 0. The molecule has 1 aromatic heterocycles. The molecule has 0 radical (unpaired) electrons. The van der Waals surface area contributed by atoms with Crippen LogP contribution in [0.4, 0.5) is 5.69 Å². The molecule has 1 heterocycles. The monoisotopic (exact) mass is 362 g/mol. The summed E-state index contributed by atoms with van der Waals surface area (Å²) in [4.78, 5) is 26.1. The zero-order chi connectivity index (χ0) is 19.2. The number of anilines is 1. The van der Waals surface area contributed by atoms with Gasteiger partial charge in [0, 0.05) is 18.9 Å². The van der Waals surface area contributed by atoms with Crippen LogP contribution < -0.4 is 5.32 Å². The largest absolute Gasteiger partial charge is 0.332 e. The Labute approximate surface area is 158 Å². The van der Waals surface area contributed by atoms with Gasteiger partial charge in [0.2, 0.25) is 5.91 Å². The number of aromatic nitrogens is 2. The normalized spacial score (nSPS) is 10.4. The number of hydrogen-bond acceptors (Lipinski definition) is 3. The van der Waals surface area contributed by atoms with Gasteiger partial charge in [0.15, 0.2) is 0 Å². The van der Waals surface area contributed by atoms with Crippen molar-refractivity contribution in [3.63, 3.8) is 0 Å². The Morgan fingerprint density at radius 1 is 1.07 bits per heavy atom. The Morgan fingerprint density at radius 3 is 2.48 bits per heavy atom. The molecule has 0 saturated carbocycles. The van der Waals surface area contributed by atoms with Gasteiger partial charge in [0.25, 0.3) is 5.91 Å².